The molecule has 4 aromatic rings. The van der Waals surface area contributed by atoms with E-state index in [0.29, 0.717) is 0 Å². The monoisotopic (exact) mass is 390 g/mol. The summed E-state index contributed by atoms with van der Waals surface area (Å²) < 4.78 is 0. The van der Waals surface area contributed by atoms with Gasteiger partial charge in [-0.3, -0.25) is 0 Å². The Morgan fingerprint density at radius 3 is 1.90 bits per heavy atom. The minimum absolute atomic E-state index is 0.0316. The molecule has 1 aliphatic rings. The zero-order chi connectivity index (χ0) is 20.9. The van der Waals surface area contributed by atoms with Crippen molar-refractivity contribution in [2.45, 2.75) is 26.2 Å². The first-order valence-electron chi connectivity index (χ1n) is 10.4. The highest BCUT2D eigenvalue weighted by atomic mass is 15.1. The highest BCUT2D eigenvalue weighted by Gasteiger charge is 2.36. The fourth-order valence-electron chi connectivity index (χ4n) is 4.63. The second-order valence-corrected chi connectivity index (χ2v) is 8.67. The molecule has 0 atom stereocenters. The number of nitrogens with zero attached hydrogens (tertiary/aromatic N) is 1. The second-order valence-electron chi connectivity index (χ2n) is 8.67. The van der Waals surface area contributed by atoms with E-state index in [4.69, 9.17) is 5.73 Å². The van der Waals surface area contributed by atoms with Crippen LogP contribution in [0.25, 0.3) is 11.1 Å². The van der Waals surface area contributed by atoms with Gasteiger partial charge in [-0.05, 0) is 77.7 Å². The number of aryl methyl sites for hydroxylation is 1. The van der Waals surface area contributed by atoms with Crippen molar-refractivity contribution in [2.75, 3.05) is 10.6 Å². The molecule has 0 radical (unpaired) electrons. The SMILES string of the molecule is Cc1ccc2c(c1)C(C)(C)c1cc(N(c3ccccc3)c3ccc(N)cc3)ccc1-2. The van der Waals surface area contributed by atoms with Crippen LogP contribution in [0.3, 0.4) is 0 Å². The van der Waals surface area contributed by atoms with Gasteiger partial charge < -0.3 is 10.6 Å². The van der Waals surface area contributed by atoms with Gasteiger partial charge in [0, 0.05) is 28.2 Å². The van der Waals surface area contributed by atoms with Gasteiger partial charge in [0.2, 0.25) is 0 Å². The summed E-state index contributed by atoms with van der Waals surface area (Å²) in [4.78, 5) is 2.30. The van der Waals surface area contributed by atoms with Gasteiger partial charge in [-0.25, -0.2) is 0 Å². The maximum absolute atomic E-state index is 5.96. The summed E-state index contributed by atoms with van der Waals surface area (Å²) in [6.07, 6.45) is 0. The molecule has 4 aromatic carbocycles. The molecule has 1 aliphatic carbocycles. The third-order valence-corrected chi connectivity index (χ3v) is 6.24. The molecule has 0 spiro atoms. The van der Waals surface area contributed by atoms with Gasteiger partial charge in [-0.15, -0.1) is 0 Å². The van der Waals surface area contributed by atoms with Crippen LogP contribution in [0, 0.1) is 6.92 Å². The highest BCUT2D eigenvalue weighted by Crippen LogP contribution is 2.50. The van der Waals surface area contributed by atoms with Crippen molar-refractivity contribution in [3.63, 3.8) is 0 Å². The molecule has 148 valence electrons. The lowest BCUT2D eigenvalue weighted by molar-refractivity contribution is 0.660. The van der Waals surface area contributed by atoms with E-state index < -0.39 is 0 Å². The summed E-state index contributed by atoms with van der Waals surface area (Å²) in [5.41, 5.74) is 16.9. The van der Waals surface area contributed by atoms with Crippen molar-refractivity contribution in [3.8, 4) is 11.1 Å². The number of fused-ring (bicyclic) bond motifs is 3. The van der Waals surface area contributed by atoms with Crippen LogP contribution in [-0.2, 0) is 5.41 Å². The first-order valence-corrected chi connectivity index (χ1v) is 10.4. The zero-order valence-electron chi connectivity index (χ0n) is 17.7. The Bertz CT molecular complexity index is 1220. The van der Waals surface area contributed by atoms with Gasteiger partial charge in [0.05, 0.1) is 0 Å². The van der Waals surface area contributed by atoms with Crippen LogP contribution < -0.4 is 10.6 Å². The Kier molecular flexibility index (Phi) is 4.18. The van der Waals surface area contributed by atoms with E-state index in [0.717, 1.165) is 22.7 Å². The van der Waals surface area contributed by atoms with Gasteiger partial charge in [0.1, 0.15) is 0 Å². The first-order chi connectivity index (χ1) is 14.4. The van der Waals surface area contributed by atoms with Crippen molar-refractivity contribution in [1.29, 1.82) is 0 Å². The summed E-state index contributed by atoms with van der Waals surface area (Å²) in [6, 6.07) is 32.3. The number of benzene rings is 4. The van der Waals surface area contributed by atoms with Crippen LogP contribution >= 0.6 is 0 Å². The molecule has 0 unspecified atom stereocenters. The van der Waals surface area contributed by atoms with Gasteiger partial charge in [-0.1, -0.05) is 61.9 Å². The second kappa shape index (κ2) is 6.77. The number of hydrogen-bond donors (Lipinski definition) is 1. The molecular formula is C28H26N2. The van der Waals surface area contributed by atoms with Gasteiger partial charge in [0.15, 0.2) is 0 Å². The van der Waals surface area contributed by atoms with Gasteiger partial charge in [-0.2, -0.15) is 0 Å². The Morgan fingerprint density at radius 2 is 1.20 bits per heavy atom. The maximum Gasteiger partial charge on any atom is 0.0465 e. The molecule has 0 bridgehead atoms. The molecule has 5 rings (SSSR count). The fourth-order valence-corrected chi connectivity index (χ4v) is 4.63. The van der Waals surface area contributed by atoms with Crippen molar-refractivity contribution in [1.82, 2.24) is 0 Å². The molecule has 0 aliphatic heterocycles. The van der Waals surface area contributed by atoms with Crippen LogP contribution in [0.5, 0.6) is 0 Å². The van der Waals surface area contributed by atoms with E-state index in [1.54, 1.807) is 0 Å². The Balaban J connectivity index is 1.69. The molecule has 0 saturated carbocycles. The molecule has 2 heteroatoms. The van der Waals surface area contributed by atoms with E-state index in [1.165, 1.54) is 27.8 Å². The molecule has 0 heterocycles. The lowest BCUT2D eigenvalue weighted by Gasteiger charge is -2.28. The quantitative estimate of drug-likeness (QED) is 0.370. The third kappa shape index (κ3) is 2.88. The lowest BCUT2D eigenvalue weighted by Crippen LogP contribution is -2.16. The highest BCUT2D eigenvalue weighted by molar-refractivity contribution is 5.85. The average Bonchev–Trinajstić information content (AvgIpc) is 2.97. The summed E-state index contributed by atoms with van der Waals surface area (Å²) in [5, 5.41) is 0. The number of para-hydroxylation sites is 1. The maximum atomic E-state index is 5.96. The molecular weight excluding hydrogens is 364 g/mol. The zero-order valence-corrected chi connectivity index (χ0v) is 17.7. The first kappa shape index (κ1) is 18.5. The van der Waals surface area contributed by atoms with Crippen molar-refractivity contribution in [3.05, 3.63) is 108 Å². The van der Waals surface area contributed by atoms with Crippen LogP contribution in [0.2, 0.25) is 0 Å². The summed E-state index contributed by atoms with van der Waals surface area (Å²) >= 11 is 0. The van der Waals surface area contributed by atoms with Gasteiger partial charge in [0.25, 0.3) is 0 Å². The molecule has 30 heavy (non-hydrogen) atoms. The van der Waals surface area contributed by atoms with Crippen LogP contribution in [0.15, 0.2) is 91.0 Å². The largest absolute Gasteiger partial charge is 0.399 e. The fraction of sp³-hybridized carbons (Fsp3) is 0.143. The molecule has 2 N–H and O–H groups in total. The number of nitrogens with two attached hydrogens (primary N) is 1. The minimum Gasteiger partial charge on any atom is -0.399 e. The van der Waals surface area contributed by atoms with Gasteiger partial charge >= 0.3 is 0 Å². The number of anilines is 4. The Morgan fingerprint density at radius 1 is 0.633 bits per heavy atom. The molecule has 2 nitrogen and oxygen atoms in total. The minimum atomic E-state index is -0.0316. The van der Waals surface area contributed by atoms with Crippen LogP contribution in [0.4, 0.5) is 22.7 Å². The standard InChI is InChI=1S/C28H26N2/c1-19-9-15-24-25-16-14-23(18-27(25)28(2,3)26(24)17-19)30(21-7-5-4-6-8-21)22-12-10-20(29)11-13-22/h4-18H,29H2,1-3H3. The molecule has 0 aromatic heterocycles. The molecule has 0 saturated heterocycles. The summed E-state index contributed by atoms with van der Waals surface area (Å²) in [7, 11) is 0. The van der Waals surface area contributed by atoms with E-state index >= 15 is 0 Å². The molecule has 0 fully saturated rings. The van der Waals surface area contributed by atoms with E-state index in [-0.39, 0.29) is 5.41 Å². The normalized spacial score (nSPS) is 13.6. The lowest BCUT2D eigenvalue weighted by atomic mass is 9.82. The Hall–Kier alpha value is -3.52. The van der Waals surface area contributed by atoms with Crippen LogP contribution in [0.1, 0.15) is 30.5 Å². The van der Waals surface area contributed by atoms with Crippen LogP contribution in [-0.4, -0.2) is 0 Å². The number of nitrogen functional groups attached to an aromatic ring is 1. The van der Waals surface area contributed by atoms with E-state index in [1.807, 2.05) is 12.1 Å². The summed E-state index contributed by atoms with van der Waals surface area (Å²) in [5.74, 6) is 0. The predicted molar refractivity (Wildman–Crippen MR) is 128 cm³/mol. The Labute approximate surface area is 178 Å². The average molecular weight is 391 g/mol. The van der Waals surface area contributed by atoms with Crippen molar-refractivity contribution < 1.29 is 0 Å². The third-order valence-electron chi connectivity index (χ3n) is 6.24. The number of rotatable bonds is 3. The van der Waals surface area contributed by atoms with Crippen molar-refractivity contribution in [2.24, 2.45) is 0 Å². The van der Waals surface area contributed by atoms with E-state index in [9.17, 15) is 0 Å². The number of hydrogen-bond acceptors (Lipinski definition) is 2. The van der Waals surface area contributed by atoms with Crippen molar-refractivity contribution >= 4 is 22.7 Å². The topological polar surface area (TPSA) is 29.3 Å². The smallest absolute Gasteiger partial charge is 0.0465 e. The predicted octanol–water partition coefficient (Wildman–Crippen LogP) is 7.35. The summed E-state index contributed by atoms with van der Waals surface area (Å²) in [6.45, 7) is 6.83. The molecule has 0 amide bonds. The van der Waals surface area contributed by atoms with E-state index in [2.05, 4.69) is 105 Å².